The van der Waals surface area contributed by atoms with Crippen molar-refractivity contribution < 1.29 is 22.8 Å². The Morgan fingerprint density at radius 2 is 2.36 bits per heavy atom. The fraction of sp³-hybridized carbons (Fsp3) is 0.375. The lowest BCUT2D eigenvalue weighted by Crippen LogP contribution is -2.07. The van der Waals surface area contributed by atoms with E-state index in [2.05, 4.69) is 4.52 Å². The van der Waals surface area contributed by atoms with Gasteiger partial charge >= 0.3 is 7.60 Å². The van der Waals surface area contributed by atoms with Gasteiger partial charge in [-0.3, -0.25) is 9.36 Å². The highest BCUT2D eigenvalue weighted by Gasteiger charge is 2.17. The summed E-state index contributed by atoms with van der Waals surface area (Å²) in [6.45, 7) is 1.02. The molecular formula is C8H11O5P. The maximum absolute atomic E-state index is 11.3. The molecule has 0 spiro atoms. The number of hydrogen-bond donors (Lipinski definition) is 0. The molecular weight excluding hydrogens is 207 g/mol. The summed E-state index contributed by atoms with van der Waals surface area (Å²) in [6.07, 6.45) is 2.69. The second-order valence-corrected chi connectivity index (χ2v) is 4.83. The van der Waals surface area contributed by atoms with Gasteiger partial charge in [-0.05, 0) is 6.07 Å². The van der Waals surface area contributed by atoms with Crippen LogP contribution >= 0.6 is 7.60 Å². The Hall–Kier alpha value is -0.900. The van der Waals surface area contributed by atoms with Crippen molar-refractivity contribution in [1.29, 1.82) is 0 Å². The predicted octanol–water partition coefficient (Wildman–Crippen LogP) is 1.95. The van der Waals surface area contributed by atoms with E-state index in [-0.39, 0.29) is 12.4 Å². The first-order chi connectivity index (χ1) is 6.55. The van der Waals surface area contributed by atoms with Crippen LogP contribution in [-0.2, 0) is 13.6 Å². The van der Waals surface area contributed by atoms with Gasteiger partial charge in [0.15, 0.2) is 5.78 Å². The molecule has 14 heavy (non-hydrogen) atoms. The molecule has 6 heteroatoms. The zero-order valence-corrected chi connectivity index (χ0v) is 8.82. The van der Waals surface area contributed by atoms with Crippen LogP contribution in [-0.4, -0.2) is 26.2 Å². The van der Waals surface area contributed by atoms with Crippen molar-refractivity contribution in [2.75, 3.05) is 20.4 Å². The van der Waals surface area contributed by atoms with Gasteiger partial charge in [-0.1, -0.05) is 0 Å². The molecule has 0 radical (unpaired) electrons. The van der Waals surface area contributed by atoms with Gasteiger partial charge in [-0.15, -0.1) is 0 Å². The number of rotatable bonds is 5. The molecule has 1 aromatic heterocycles. The summed E-state index contributed by atoms with van der Waals surface area (Å²) in [5.41, 5.74) is 0.390. The first kappa shape index (κ1) is 11.2. The average molecular weight is 218 g/mol. The molecule has 0 aliphatic carbocycles. The van der Waals surface area contributed by atoms with Crippen LogP contribution < -0.4 is 0 Å². The standard InChI is InChI=1S/C8H11O5P/c1-11-14(2,10)13-6-8(9)7-3-4-12-5-7/h3-5H,6H2,1-2H3. The Morgan fingerprint density at radius 1 is 1.64 bits per heavy atom. The third-order valence-electron chi connectivity index (χ3n) is 1.60. The van der Waals surface area contributed by atoms with E-state index in [1.54, 1.807) is 0 Å². The minimum absolute atomic E-state index is 0.277. The highest BCUT2D eigenvalue weighted by molar-refractivity contribution is 7.52. The Morgan fingerprint density at radius 3 is 2.86 bits per heavy atom. The lowest BCUT2D eigenvalue weighted by atomic mass is 10.2. The van der Waals surface area contributed by atoms with Gasteiger partial charge in [-0.25, -0.2) is 0 Å². The summed E-state index contributed by atoms with van der Waals surface area (Å²) >= 11 is 0. The van der Waals surface area contributed by atoms with Crippen LogP contribution in [0.3, 0.4) is 0 Å². The monoisotopic (exact) mass is 218 g/mol. The van der Waals surface area contributed by atoms with Gasteiger partial charge in [0.05, 0.1) is 11.8 Å². The molecule has 78 valence electrons. The second kappa shape index (κ2) is 4.55. The highest BCUT2D eigenvalue weighted by Crippen LogP contribution is 2.42. The van der Waals surface area contributed by atoms with Gasteiger partial charge in [0.2, 0.25) is 0 Å². The van der Waals surface area contributed by atoms with Gasteiger partial charge in [-0.2, -0.15) is 0 Å². The molecule has 0 amide bonds. The Bertz CT molecular complexity index is 343. The van der Waals surface area contributed by atoms with Crippen LogP contribution in [0.25, 0.3) is 0 Å². The quantitative estimate of drug-likeness (QED) is 0.558. The number of Topliss-reactive ketones (excluding diaryl/α,β-unsaturated/α-hetero) is 1. The van der Waals surface area contributed by atoms with Crippen molar-refractivity contribution in [3.8, 4) is 0 Å². The van der Waals surface area contributed by atoms with E-state index in [0.29, 0.717) is 5.56 Å². The van der Waals surface area contributed by atoms with Crippen molar-refractivity contribution in [3.63, 3.8) is 0 Å². The van der Waals surface area contributed by atoms with E-state index in [1.807, 2.05) is 0 Å². The molecule has 0 saturated carbocycles. The smallest absolute Gasteiger partial charge is 0.327 e. The van der Waals surface area contributed by atoms with Crippen molar-refractivity contribution in [1.82, 2.24) is 0 Å². The minimum Gasteiger partial charge on any atom is -0.472 e. The Balaban J connectivity index is 2.48. The maximum atomic E-state index is 11.3. The molecule has 0 aliphatic heterocycles. The zero-order valence-electron chi connectivity index (χ0n) is 7.93. The molecule has 0 saturated heterocycles. The summed E-state index contributed by atoms with van der Waals surface area (Å²) in [5, 5.41) is 0. The summed E-state index contributed by atoms with van der Waals surface area (Å²) in [5.74, 6) is -0.294. The molecule has 1 rings (SSSR count). The third kappa shape index (κ3) is 3.10. The van der Waals surface area contributed by atoms with Crippen molar-refractivity contribution >= 4 is 13.4 Å². The Kier molecular flexibility index (Phi) is 3.63. The van der Waals surface area contributed by atoms with Crippen LogP contribution in [0.15, 0.2) is 23.0 Å². The van der Waals surface area contributed by atoms with E-state index in [9.17, 15) is 9.36 Å². The molecule has 0 N–H and O–H groups in total. The number of ketones is 1. The third-order valence-corrected chi connectivity index (χ3v) is 2.87. The molecule has 0 aromatic carbocycles. The molecule has 0 aliphatic rings. The van der Waals surface area contributed by atoms with Crippen LogP contribution in [0.2, 0.25) is 0 Å². The van der Waals surface area contributed by atoms with Gasteiger partial charge in [0.25, 0.3) is 0 Å². The minimum atomic E-state index is -3.08. The largest absolute Gasteiger partial charge is 0.472 e. The summed E-state index contributed by atoms with van der Waals surface area (Å²) in [4.78, 5) is 11.3. The maximum Gasteiger partial charge on any atom is 0.327 e. The molecule has 5 nitrogen and oxygen atoms in total. The first-order valence-electron chi connectivity index (χ1n) is 3.88. The first-order valence-corrected chi connectivity index (χ1v) is 5.87. The van der Waals surface area contributed by atoms with E-state index < -0.39 is 7.60 Å². The van der Waals surface area contributed by atoms with Gasteiger partial charge < -0.3 is 13.5 Å². The molecule has 1 unspecified atom stereocenters. The highest BCUT2D eigenvalue weighted by atomic mass is 31.2. The van der Waals surface area contributed by atoms with Crippen molar-refractivity contribution in [3.05, 3.63) is 24.2 Å². The number of furan rings is 1. The fourth-order valence-corrected chi connectivity index (χ4v) is 1.19. The predicted molar refractivity (Wildman–Crippen MR) is 49.5 cm³/mol. The van der Waals surface area contributed by atoms with E-state index in [4.69, 9.17) is 8.94 Å². The molecule has 1 aromatic rings. The van der Waals surface area contributed by atoms with Crippen molar-refractivity contribution in [2.45, 2.75) is 0 Å². The van der Waals surface area contributed by atoms with E-state index >= 15 is 0 Å². The van der Waals surface area contributed by atoms with Crippen LogP contribution in [0, 0.1) is 0 Å². The number of carbonyl (C=O) groups excluding carboxylic acids is 1. The SMILES string of the molecule is COP(C)(=O)OCC(=O)c1ccoc1. The summed E-state index contributed by atoms with van der Waals surface area (Å²) < 4.78 is 25.3. The van der Waals surface area contributed by atoms with E-state index in [1.165, 1.54) is 32.4 Å². The lowest BCUT2D eigenvalue weighted by molar-refractivity contribution is 0.0906. The number of hydrogen-bond acceptors (Lipinski definition) is 5. The van der Waals surface area contributed by atoms with Crippen molar-refractivity contribution in [2.24, 2.45) is 0 Å². The van der Waals surface area contributed by atoms with Crippen LogP contribution in [0.1, 0.15) is 10.4 Å². The number of carbonyl (C=O) groups is 1. The zero-order chi connectivity index (χ0) is 10.6. The molecule has 0 fully saturated rings. The fourth-order valence-electron chi connectivity index (χ4n) is 0.735. The van der Waals surface area contributed by atoms with Gasteiger partial charge in [0.1, 0.15) is 12.9 Å². The topological polar surface area (TPSA) is 65.7 Å². The molecule has 1 heterocycles. The Labute approximate surface area is 81.5 Å². The summed E-state index contributed by atoms with van der Waals surface area (Å²) in [6, 6.07) is 1.51. The van der Waals surface area contributed by atoms with Gasteiger partial charge in [0, 0.05) is 13.8 Å². The second-order valence-electron chi connectivity index (χ2n) is 2.66. The molecule has 1 atom stereocenters. The average Bonchev–Trinajstić information content (AvgIpc) is 2.67. The van der Waals surface area contributed by atoms with Crippen LogP contribution in [0.5, 0.6) is 0 Å². The summed E-state index contributed by atoms with van der Waals surface area (Å²) in [7, 11) is -1.81. The van der Waals surface area contributed by atoms with Crippen LogP contribution in [0.4, 0.5) is 0 Å². The molecule has 0 bridgehead atoms. The normalized spacial score (nSPS) is 15.0. The van der Waals surface area contributed by atoms with E-state index in [0.717, 1.165) is 0 Å². The lowest BCUT2D eigenvalue weighted by Gasteiger charge is -2.09.